The van der Waals surface area contributed by atoms with Crippen LogP contribution < -0.4 is 16.4 Å². The van der Waals surface area contributed by atoms with Gasteiger partial charge in [0.2, 0.25) is 11.8 Å². The molecule has 1 heterocycles. The Morgan fingerprint density at radius 2 is 2.07 bits per heavy atom. The largest absolute Gasteiger partial charge is 0.352 e. The van der Waals surface area contributed by atoms with Gasteiger partial charge in [-0.25, -0.2) is 0 Å². The maximum atomic E-state index is 12.1. The van der Waals surface area contributed by atoms with Crippen molar-refractivity contribution in [3.63, 3.8) is 0 Å². The van der Waals surface area contributed by atoms with E-state index < -0.39 is 0 Å². The van der Waals surface area contributed by atoms with Crippen molar-refractivity contribution in [2.45, 2.75) is 44.8 Å². The molecule has 27 heavy (non-hydrogen) atoms. The first-order valence-corrected chi connectivity index (χ1v) is 8.98. The highest BCUT2D eigenvalue weighted by Crippen LogP contribution is 2.26. The fraction of sp³-hybridized carbons (Fsp3) is 0.421. The van der Waals surface area contributed by atoms with E-state index in [1.165, 1.54) is 0 Å². The Labute approximate surface area is 165 Å². The molecular formula is C19H26ClN5O2. The van der Waals surface area contributed by atoms with Gasteiger partial charge in [0.15, 0.2) is 0 Å². The molecule has 1 aromatic heterocycles. The molecule has 1 aliphatic carbocycles. The highest BCUT2D eigenvalue weighted by molar-refractivity contribution is 5.90. The van der Waals surface area contributed by atoms with Crippen LogP contribution in [0.4, 0.5) is 5.69 Å². The molecule has 1 aliphatic rings. The molecular weight excluding hydrogens is 366 g/mol. The number of aromatic nitrogens is 2. The fourth-order valence-corrected chi connectivity index (χ4v) is 3.33. The maximum absolute atomic E-state index is 12.1. The molecule has 2 atom stereocenters. The highest BCUT2D eigenvalue weighted by Gasteiger charge is 2.25. The van der Waals surface area contributed by atoms with Crippen molar-refractivity contribution in [2.75, 3.05) is 5.32 Å². The molecule has 2 amide bonds. The van der Waals surface area contributed by atoms with Gasteiger partial charge in [0, 0.05) is 37.1 Å². The van der Waals surface area contributed by atoms with E-state index in [0.717, 1.165) is 24.8 Å². The number of amides is 2. The monoisotopic (exact) mass is 391 g/mol. The molecule has 8 heteroatoms. The Kier molecular flexibility index (Phi) is 7.82. The zero-order valence-electron chi connectivity index (χ0n) is 15.1. The van der Waals surface area contributed by atoms with Gasteiger partial charge in [0.1, 0.15) is 6.54 Å². The number of nitrogens with two attached hydrogens (primary N) is 1. The smallest absolute Gasteiger partial charge is 0.246 e. The second kappa shape index (κ2) is 10.1. The van der Waals surface area contributed by atoms with Crippen LogP contribution in [0, 0.1) is 5.92 Å². The molecule has 1 aromatic carbocycles. The molecule has 4 N–H and O–H groups in total. The topological polar surface area (TPSA) is 102 Å². The molecule has 0 saturated heterocycles. The van der Waals surface area contributed by atoms with Crippen molar-refractivity contribution in [2.24, 2.45) is 11.7 Å². The number of hydrogen-bond acceptors (Lipinski definition) is 4. The van der Waals surface area contributed by atoms with Crippen molar-refractivity contribution in [1.29, 1.82) is 0 Å². The second-order valence-electron chi connectivity index (χ2n) is 6.79. The quantitative estimate of drug-likeness (QED) is 0.672. The van der Waals surface area contributed by atoms with Gasteiger partial charge in [-0.3, -0.25) is 14.3 Å². The average Bonchev–Trinajstić information content (AvgIpc) is 3.26. The minimum absolute atomic E-state index is 0. The summed E-state index contributed by atoms with van der Waals surface area (Å²) in [5.74, 6) is 0.175. The number of carbonyl (C=O) groups excluding carboxylic acids is 2. The summed E-state index contributed by atoms with van der Waals surface area (Å²) < 4.78 is 1.56. The van der Waals surface area contributed by atoms with Gasteiger partial charge in [-0.1, -0.05) is 18.6 Å². The zero-order valence-corrected chi connectivity index (χ0v) is 16.0. The summed E-state index contributed by atoms with van der Waals surface area (Å²) in [6.45, 7) is 0.596. The third kappa shape index (κ3) is 6.37. The van der Waals surface area contributed by atoms with Crippen LogP contribution in [0.2, 0.25) is 0 Å². The lowest BCUT2D eigenvalue weighted by molar-refractivity contribution is -0.122. The van der Waals surface area contributed by atoms with Crippen molar-refractivity contribution in [3.8, 4) is 0 Å². The van der Waals surface area contributed by atoms with Gasteiger partial charge in [-0.05, 0) is 42.5 Å². The Balaban J connectivity index is 0.00000261. The summed E-state index contributed by atoms with van der Waals surface area (Å²) in [5, 5.41) is 9.80. The minimum atomic E-state index is -0.148. The van der Waals surface area contributed by atoms with E-state index >= 15 is 0 Å². The maximum Gasteiger partial charge on any atom is 0.246 e. The number of nitrogens with zero attached hydrogens (tertiary/aromatic N) is 2. The van der Waals surface area contributed by atoms with E-state index in [1.807, 2.05) is 24.3 Å². The first-order chi connectivity index (χ1) is 12.6. The van der Waals surface area contributed by atoms with Crippen molar-refractivity contribution >= 4 is 29.9 Å². The fourth-order valence-electron chi connectivity index (χ4n) is 3.33. The van der Waals surface area contributed by atoms with Crippen LogP contribution in [-0.4, -0.2) is 27.6 Å². The number of halogens is 1. The lowest BCUT2D eigenvalue weighted by Crippen LogP contribution is -2.31. The zero-order chi connectivity index (χ0) is 18.4. The summed E-state index contributed by atoms with van der Waals surface area (Å²) in [4.78, 5) is 24.1. The van der Waals surface area contributed by atoms with E-state index in [9.17, 15) is 9.59 Å². The highest BCUT2D eigenvalue weighted by atomic mass is 35.5. The summed E-state index contributed by atoms with van der Waals surface area (Å²) in [6, 6.07) is 9.39. The van der Waals surface area contributed by atoms with Gasteiger partial charge in [0.05, 0.1) is 0 Å². The normalized spacial score (nSPS) is 18.6. The summed E-state index contributed by atoms with van der Waals surface area (Å²) in [7, 11) is 0. The van der Waals surface area contributed by atoms with Gasteiger partial charge >= 0.3 is 0 Å². The number of benzene rings is 1. The van der Waals surface area contributed by atoms with Gasteiger partial charge in [0.25, 0.3) is 0 Å². The van der Waals surface area contributed by atoms with Crippen LogP contribution >= 0.6 is 12.4 Å². The van der Waals surface area contributed by atoms with E-state index in [1.54, 1.807) is 23.1 Å². The van der Waals surface area contributed by atoms with Crippen LogP contribution in [0.5, 0.6) is 0 Å². The van der Waals surface area contributed by atoms with Gasteiger partial charge < -0.3 is 16.4 Å². The summed E-state index contributed by atoms with van der Waals surface area (Å²) in [6.07, 6.45) is 7.02. The molecule has 0 bridgehead atoms. The average molecular weight is 392 g/mol. The lowest BCUT2D eigenvalue weighted by Gasteiger charge is -2.15. The Hall–Kier alpha value is -2.38. The van der Waals surface area contributed by atoms with E-state index in [0.29, 0.717) is 24.6 Å². The standard InChI is InChI=1S/C19H25N5O2.ClH/c20-17-7-2-5-15(17)11-18(25)21-12-14-4-1-6-16(10-14)23-19(26)13-24-9-3-8-22-24;/h1,3-4,6,8-10,15,17H,2,5,7,11-13,20H2,(H,21,25)(H,23,26);1H/t15-,17+;/m0./s1. The van der Waals surface area contributed by atoms with Crippen LogP contribution in [-0.2, 0) is 22.7 Å². The number of nitrogens with one attached hydrogen (secondary N) is 2. The van der Waals surface area contributed by atoms with Gasteiger partial charge in [-0.2, -0.15) is 5.10 Å². The number of carbonyl (C=O) groups is 2. The third-order valence-electron chi connectivity index (χ3n) is 4.73. The van der Waals surface area contributed by atoms with Crippen LogP contribution in [0.25, 0.3) is 0 Å². The van der Waals surface area contributed by atoms with Crippen molar-refractivity contribution in [1.82, 2.24) is 15.1 Å². The molecule has 0 radical (unpaired) electrons. The predicted molar refractivity (Wildman–Crippen MR) is 106 cm³/mol. The third-order valence-corrected chi connectivity index (χ3v) is 4.73. The van der Waals surface area contributed by atoms with E-state index in [-0.39, 0.29) is 36.8 Å². The summed E-state index contributed by atoms with van der Waals surface area (Å²) >= 11 is 0. The molecule has 1 saturated carbocycles. The van der Waals surface area contributed by atoms with E-state index in [4.69, 9.17) is 5.73 Å². The molecule has 146 valence electrons. The van der Waals surface area contributed by atoms with Gasteiger partial charge in [-0.15, -0.1) is 12.4 Å². The number of rotatable bonds is 7. The second-order valence-corrected chi connectivity index (χ2v) is 6.79. The molecule has 0 spiro atoms. The van der Waals surface area contributed by atoms with Crippen LogP contribution in [0.1, 0.15) is 31.2 Å². The minimum Gasteiger partial charge on any atom is -0.352 e. The SMILES string of the molecule is Cl.N[C@@H]1CCC[C@H]1CC(=O)NCc1cccc(NC(=O)Cn2cccn2)c1. The molecule has 3 rings (SSSR count). The van der Waals surface area contributed by atoms with Crippen molar-refractivity contribution < 1.29 is 9.59 Å². The molecule has 0 aliphatic heterocycles. The summed E-state index contributed by atoms with van der Waals surface area (Å²) in [5.41, 5.74) is 7.66. The molecule has 1 fully saturated rings. The Morgan fingerprint density at radius 1 is 1.22 bits per heavy atom. The number of hydrogen-bond donors (Lipinski definition) is 3. The first kappa shape index (κ1) is 20.9. The molecule has 2 aromatic rings. The lowest BCUT2D eigenvalue weighted by atomic mass is 10.00. The Morgan fingerprint density at radius 3 is 2.78 bits per heavy atom. The van der Waals surface area contributed by atoms with Crippen LogP contribution in [0.15, 0.2) is 42.7 Å². The van der Waals surface area contributed by atoms with E-state index in [2.05, 4.69) is 15.7 Å². The van der Waals surface area contributed by atoms with Crippen LogP contribution in [0.3, 0.4) is 0 Å². The Bertz CT molecular complexity index is 750. The number of anilines is 1. The predicted octanol–water partition coefficient (Wildman–Crippen LogP) is 2.08. The first-order valence-electron chi connectivity index (χ1n) is 8.98. The molecule has 7 nitrogen and oxygen atoms in total. The molecule has 0 unspecified atom stereocenters. The van der Waals surface area contributed by atoms with Crippen molar-refractivity contribution in [3.05, 3.63) is 48.3 Å².